The predicted molar refractivity (Wildman–Crippen MR) is 128 cm³/mol. The van der Waals surface area contributed by atoms with Crippen LogP contribution in [0.2, 0.25) is 0 Å². The zero-order valence-corrected chi connectivity index (χ0v) is 20.3. The lowest BCUT2D eigenvalue weighted by atomic mass is 9.95. The van der Waals surface area contributed by atoms with Gasteiger partial charge in [-0.3, -0.25) is 9.59 Å². The summed E-state index contributed by atoms with van der Waals surface area (Å²) in [5.41, 5.74) is 3.20. The van der Waals surface area contributed by atoms with Crippen molar-refractivity contribution in [3.05, 3.63) is 51.4 Å². The number of anilines is 1. The van der Waals surface area contributed by atoms with Crippen molar-refractivity contribution >= 4 is 39.6 Å². The molecule has 168 valence electrons. The van der Waals surface area contributed by atoms with Crippen LogP contribution >= 0.6 is 15.9 Å². The maximum atomic E-state index is 13.0. The monoisotopic (exact) mass is 497 g/mol. The van der Waals surface area contributed by atoms with E-state index in [1.54, 1.807) is 23.2 Å². The van der Waals surface area contributed by atoms with Gasteiger partial charge in [-0.25, -0.2) is 4.98 Å². The number of nitrogens with one attached hydrogen (secondary N) is 1. The van der Waals surface area contributed by atoms with Crippen LogP contribution in [0.25, 0.3) is 6.08 Å². The van der Waals surface area contributed by atoms with Crippen molar-refractivity contribution in [2.45, 2.75) is 46.6 Å². The fourth-order valence-corrected chi connectivity index (χ4v) is 4.27. The molecule has 0 aliphatic carbocycles. The average molecular weight is 498 g/mol. The van der Waals surface area contributed by atoms with Crippen LogP contribution in [0.15, 0.2) is 34.4 Å². The van der Waals surface area contributed by atoms with Gasteiger partial charge in [0.15, 0.2) is 0 Å². The zero-order valence-electron chi connectivity index (χ0n) is 18.7. The predicted octanol–water partition coefficient (Wildman–Crippen LogP) is 4.46. The number of hydrogen-bond acceptors (Lipinski definition) is 4. The molecule has 2 aromatic heterocycles. The molecule has 0 atom stereocenters. The number of nitrogens with zero attached hydrogens (tertiary/aromatic N) is 4. The first kappa shape index (κ1) is 23.7. The minimum atomic E-state index is -0.277. The highest BCUT2D eigenvalue weighted by atomic mass is 79.9. The number of rotatable bonds is 6. The van der Waals surface area contributed by atoms with Crippen LogP contribution in [-0.4, -0.2) is 39.4 Å². The molecule has 1 aliphatic heterocycles. The Labute approximate surface area is 197 Å². The molecule has 32 heavy (non-hydrogen) atoms. The smallest absolute Gasteiger partial charge is 0.264 e. The van der Waals surface area contributed by atoms with Gasteiger partial charge in [-0.15, -0.1) is 0 Å². The van der Waals surface area contributed by atoms with Crippen LogP contribution < -0.4 is 5.32 Å². The number of likely N-dealkylation sites (tertiary alicyclic amines) is 1. The van der Waals surface area contributed by atoms with Crippen LogP contribution in [0.5, 0.6) is 0 Å². The van der Waals surface area contributed by atoms with Gasteiger partial charge >= 0.3 is 0 Å². The molecule has 0 saturated carbocycles. The van der Waals surface area contributed by atoms with Gasteiger partial charge in [0.1, 0.15) is 17.5 Å². The van der Waals surface area contributed by atoms with E-state index in [4.69, 9.17) is 0 Å². The molecular formula is C24H28BrN5O2. The highest BCUT2D eigenvalue weighted by Gasteiger charge is 2.29. The lowest BCUT2D eigenvalue weighted by Crippen LogP contribution is -2.42. The van der Waals surface area contributed by atoms with E-state index in [9.17, 15) is 14.9 Å². The summed E-state index contributed by atoms with van der Waals surface area (Å²) in [7, 11) is 0. The maximum Gasteiger partial charge on any atom is 0.264 e. The van der Waals surface area contributed by atoms with E-state index in [1.807, 2.05) is 26.0 Å². The van der Waals surface area contributed by atoms with Crippen molar-refractivity contribution in [1.29, 1.82) is 5.26 Å². The van der Waals surface area contributed by atoms with Crippen LogP contribution in [0, 0.1) is 31.1 Å². The summed E-state index contributed by atoms with van der Waals surface area (Å²) in [5, 5.41) is 12.5. The van der Waals surface area contributed by atoms with Gasteiger partial charge in [-0.05, 0) is 78.9 Å². The van der Waals surface area contributed by atoms with Crippen molar-refractivity contribution in [2.24, 2.45) is 5.92 Å². The third kappa shape index (κ3) is 5.46. The third-order valence-electron chi connectivity index (χ3n) is 5.84. The number of piperidine rings is 1. The largest absolute Gasteiger partial charge is 0.349 e. The fourth-order valence-electron chi connectivity index (χ4n) is 4.03. The molecule has 0 unspecified atom stereocenters. The topological polar surface area (TPSA) is 91.0 Å². The second kappa shape index (κ2) is 10.6. The van der Waals surface area contributed by atoms with Crippen molar-refractivity contribution in [2.75, 3.05) is 18.4 Å². The van der Waals surface area contributed by atoms with Gasteiger partial charge in [0.05, 0.1) is 0 Å². The molecule has 0 spiro atoms. The standard InChI is InChI=1S/C24H28BrN5O2/c1-4-9-30-16(2)12-19(17(30)3)13-20(14-26)24(32)29-10-7-18(8-11-29)23(31)28-22-6-5-21(25)15-27-22/h5-6,12-13,15,18H,4,7-11H2,1-3H3,(H,27,28,31)/b20-13-. The normalized spacial score (nSPS) is 14.8. The third-order valence-corrected chi connectivity index (χ3v) is 6.31. The van der Waals surface area contributed by atoms with Crippen molar-refractivity contribution < 1.29 is 9.59 Å². The van der Waals surface area contributed by atoms with Gasteiger partial charge in [0.25, 0.3) is 5.91 Å². The van der Waals surface area contributed by atoms with E-state index < -0.39 is 0 Å². The Kier molecular flexibility index (Phi) is 7.86. The van der Waals surface area contributed by atoms with Gasteiger partial charge in [0, 0.05) is 47.6 Å². The quantitative estimate of drug-likeness (QED) is 0.471. The molecule has 3 rings (SSSR count). The molecule has 8 heteroatoms. The van der Waals surface area contributed by atoms with Gasteiger partial charge in [0.2, 0.25) is 5.91 Å². The first-order chi connectivity index (χ1) is 15.3. The van der Waals surface area contributed by atoms with E-state index in [-0.39, 0.29) is 23.3 Å². The molecule has 7 nitrogen and oxygen atoms in total. The zero-order chi connectivity index (χ0) is 23.3. The second-order valence-electron chi connectivity index (χ2n) is 8.07. The van der Waals surface area contributed by atoms with Crippen LogP contribution in [0.1, 0.15) is 43.1 Å². The number of carbonyl (C=O) groups is 2. The van der Waals surface area contributed by atoms with Crippen LogP contribution in [-0.2, 0) is 16.1 Å². The number of hydrogen-bond donors (Lipinski definition) is 1. The van der Waals surface area contributed by atoms with Gasteiger partial charge in [-0.1, -0.05) is 6.92 Å². The lowest BCUT2D eigenvalue weighted by Gasteiger charge is -2.31. The highest BCUT2D eigenvalue weighted by Crippen LogP contribution is 2.23. The van der Waals surface area contributed by atoms with Crippen LogP contribution in [0.3, 0.4) is 0 Å². The van der Waals surface area contributed by atoms with Crippen LogP contribution in [0.4, 0.5) is 5.82 Å². The van der Waals surface area contributed by atoms with Crippen molar-refractivity contribution in [1.82, 2.24) is 14.5 Å². The minimum absolute atomic E-state index is 0.0914. The summed E-state index contributed by atoms with van der Waals surface area (Å²) in [5.74, 6) is -0.0494. The van der Waals surface area contributed by atoms with E-state index in [0.29, 0.717) is 31.7 Å². The average Bonchev–Trinajstić information content (AvgIpc) is 3.06. The number of halogens is 1. The summed E-state index contributed by atoms with van der Waals surface area (Å²) in [4.78, 5) is 31.4. The Bertz CT molecular complexity index is 1060. The van der Waals surface area contributed by atoms with E-state index in [1.165, 1.54) is 0 Å². The number of carbonyl (C=O) groups excluding carboxylic acids is 2. The fraction of sp³-hybridized carbons (Fsp3) is 0.417. The highest BCUT2D eigenvalue weighted by molar-refractivity contribution is 9.10. The SMILES string of the molecule is CCCn1c(C)cc(/C=C(/C#N)C(=O)N2CCC(C(=O)Nc3ccc(Br)cn3)CC2)c1C. The summed E-state index contributed by atoms with van der Waals surface area (Å²) < 4.78 is 3.05. The Morgan fingerprint density at radius 3 is 2.62 bits per heavy atom. The molecule has 1 fully saturated rings. The van der Waals surface area contributed by atoms with Crippen molar-refractivity contribution in [3.63, 3.8) is 0 Å². The number of pyridine rings is 1. The molecule has 3 heterocycles. The molecule has 1 aliphatic rings. The van der Waals surface area contributed by atoms with E-state index in [0.717, 1.165) is 34.4 Å². The lowest BCUT2D eigenvalue weighted by molar-refractivity contribution is -0.130. The first-order valence-corrected chi connectivity index (χ1v) is 11.6. The molecule has 0 bridgehead atoms. The van der Waals surface area contributed by atoms with E-state index in [2.05, 4.69) is 43.8 Å². The van der Waals surface area contributed by atoms with E-state index >= 15 is 0 Å². The Hall–Kier alpha value is -2.92. The number of aromatic nitrogens is 2. The molecule has 1 saturated heterocycles. The summed E-state index contributed by atoms with van der Waals surface area (Å²) in [6.45, 7) is 7.97. The molecule has 2 amide bonds. The molecule has 0 aromatic carbocycles. The Morgan fingerprint density at radius 2 is 2.03 bits per heavy atom. The number of aryl methyl sites for hydroxylation is 1. The molecular weight excluding hydrogens is 470 g/mol. The van der Waals surface area contributed by atoms with Crippen molar-refractivity contribution in [3.8, 4) is 6.07 Å². The Morgan fingerprint density at radius 1 is 1.31 bits per heavy atom. The number of nitriles is 1. The first-order valence-electron chi connectivity index (χ1n) is 10.8. The maximum absolute atomic E-state index is 13.0. The molecule has 0 radical (unpaired) electrons. The second-order valence-corrected chi connectivity index (χ2v) is 8.98. The van der Waals surface area contributed by atoms with Gasteiger partial charge < -0.3 is 14.8 Å². The summed E-state index contributed by atoms with van der Waals surface area (Å²) in [6.07, 6.45) is 5.45. The summed E-state index contributed by atoms with van der Waals surface area (Å²) in [6, 6.07) is 7.65. The summed E-state index contributed by atoms with van der Waals surface area (Å²) >= 11 is 3.32. The molecule has 2 aromatic rings. The number of amides is 2. The molecule has 1 N–H and O–H groups in total. The van der Waals surface area contributed by atoms with Gasteiger partial charge in [-0.2, -0.15) is 5.26 Å². The Balaban J connectivity index is 1.63. The minimum Gasteiger partial charge on any atom is -0.349 e.